The van der Waals surface area contributed by atoms with E-state index in [9.17, 15) is 0 Å². The van der Waals surface area contributed by atoms with Gasteiger partial charge in [0.15, 0.2) is 0 Å². The lowest BCUT2D eigenvalue weighted by atomic mass is 10.1. The molecule has 0 saturated heterocycles. The number of hydrogen-bond donors (Lipinski definition) is 1. The Kier molecular flexibility index (Phi) is 2.86. The summed E-state index contributed by atoms with van der Waals surface area (Å²) in [6.07, 6.45) is 1.99. The smallest absolute Gasteiger partial charge is 0.0991 e. The van der Waals surface area contributed by atoms with Gasteiger partial charge in [-0.1, -0.05) is 12.1 Å². The van der Waals surface area contributed by atoms with E-state index in [4.69, 9.17) is 10.5 Å². The maximum atomic E-state index is 8.49. The zero-order valence-electron chi connectivity index (χ0n) is 6.44. The van der Waals surface area contributed by atoms with Crippen molar-refractivity contribution in [3.8, 4) is 6.07 Å². The van der Waals surface area contributed by atoms with Crippen molar-refractivity contribution in [3.63, 3.8) is 0 Å². The Hall–Kier alpha value is -1.82. The van der Waals surface area contributed by atoms with Crippen molar-refractivity contribution in [1.29, 1.82) is 5.26 Å². The summed E-state index contributed by atoms with van der Waals surface area (Å²) in [5.41, 5.74) is 1.66. The third kappa shape index (κ3) is 2.10. The van der Waals surface area contributed by atoms with Crippen LogP contribution in [0.1, 0.15) is 11.1 Å². The van der Waals surface area contributed by atoms with Gasteiger partial charge in [-0.2, -0.15) is 5.26 Å². The third-order valence-electron chi connectivity index (χ3n) is 1.49. The Labute approximate surface area is 70.6 Å². The van der Waals surface area contributed by atoms with E-state index in [1.807, 2.05) is 18.2 Å². The average molecular weight is 160 g/mol. The SMILES string of the molecule is N#Cc1ccc(C/C=N/O)cc1. The maximum Gasteiger partial charge on any atom is 0.0991 e. The number of nitrogens with zero attached hydrogens (tertiary/aromatic N) is 2. The average Bonchev–Trinajstić information content (AvgIpc) is 2.15. The summed E-state index contributed by atoms with van der Waals surface area (Å²) in [5.74, 6) is 0. The summed E-state index contributed by atoms with van der Waals surface area (Å²) in [4.78, 5) is 0. The molecule has 1 N–H and O–H groups in total. The summed E-state index contributed by atoms with van der Waals surface area (Å²) >= 11 is 0. The lowest BCUT2D eigenvalue weighted by molar-refractivity contribution is 0.321. The Morgan fingerprint density at radius 1 is 1.42 bits per heavy atom. The van der Waals surface area contributed by atoms with E-state index >= 15 is 0 Å². The van der Waals surface area contributed by atoms with Crippen LogP contribution < -0.4 is 0 Å². The lowest BCUT2D eigenvalue weighted by Crippen LogP contribution is -1.85. The molecule has 0 aliphatic rings. The first-order valence-corrected chi connectivity index (χ1v) is 3.51. The quantitative estimate of drug-likeness (QED) is 0.405. The highest BCUT2D eigenvalue weighted by Crippen LogP contribution is 2.02. The molecule has 1 aromatic carbocycles. The molecule has 60 valence electrons. The van der Waals surface area contributed by atoms with Crippen molar-refractivity contribution in [3.05, 3.63) is 35.4 Å². The zero-order chi connectivity index (χ0) is 8.81. The molecule has 0 bridgehead atoms. The van der Waals surface area contributed by atoms with E-state index in [0.717, 1.165) is 5.56 Å². The molecular formula is C9H8N2O. The van der Waals surface area contributed by atoms with E-state index in [-0.39, 0.29) is 0 Å². The minimum absolute atomic E-state index is 0.586. The second-order valence-electron chi connectivity index (χ2n) is 2.31. The molecule has 1 aromatic rings. The van der Waals surface area contributed by atoms with Crippen LogP contribution in [0, 0.1) is 11.3 Å². The summed E-state index contributed by atoms with van der Waals surface area (Å²) in [6, 6.07) is 9.17. The van der Waals surface area contributed by atoms with Crippen LogP contribution >= 0.6 is 0 Å². The van der Waals surface area contributed by atoms with Crippen molar-refractivity contribution in [2.75, 3.05) is 0 Å². The van der Waals surface area contributed by atoms with Crippen LogP contribution in [0.25, 0.3) is 0 Å². The highest BCUT2D eigenvalue weighted by Gasteiger charge is 1.90. The number of benzene rings is 1. The first kappa shape index (κ1) is 8.28. The van der Waals surface area contributed by atoms with Crippen molar-refractivity contribution in [1.82, 2.24) is 0 Å². The molecule has 0 aliphatic heterocycles. The fourth-order valence-electron chi connectivity index (χ4n) is 0.862. The molecule has 0 saturated carbocycles. The van der Waals surface area contributed by atoms with Gasteiger partial charge in [0.25, 0.3) is 0 Å². The van der Waals surface area contributed by atoms with Crippen LogP contribution in [0.5, 0.6) is 0 Å². The highest BCUT2D eigenvalue weighted by molar-refractivity contribution is 5.60. The predicted octanol–water partition coefficient (Wildman–Crippen LogP) is 1.56. The normalized spacial score (nSPS) is 9.92. The Morgan fingerprint density at radius 2 is 2.08 bits per heavy atom. The van der Waals surface area contributed by atoms with Crippen LogP contribution in [-0.2, 0) is 6.42 Å². The predicted molar refractivity (Wildman–Crippen MR) is 45.1 cm³/mol. The third-order valence-corrected chi connectivity index (χ3v) is 1.49. The first-order chi connectivity index (χ1) is 5.86. The lowest BCUT2D eigenvalue weighted by Gasteiger charge is -1.93. The fraction of sp³-hybridized carbons (Fsp3) is 0.111. The van der Waals surface area contributed by atoms with Gasteiger partial charge in [0.2, 0.25) is 0 Å². The molecule has 0 aliphatic carbocycles. The van der Waals surface area contributed by atoms with Crippen molar-refractivity contribution in [2.24, 2.45) is 5.16 Å². The van der Waals surface area contributed by atoms with Gasteiger partial charge in [-0.3, -0.25) is 0 Å². The molecule has 0 amide bonds. The van der Waals surface area contributed by atoms with Crippen LogP contribution in [0.15, 0.2) is 29.4 Å². The van der Waals surface area contributed by atoms with Gasteiger partial charge in [-0.05, 0) is 17.7 Å². The van der Waals surface area contributed by atoms with Gasteiger partial charge in [0.1, 0.15) is 0 Å². The van der Waals surface area contributed by atoms with E-state index in [1.54, 1.807) is 12.1 Å². The van der Waals surface area contributed by atoms with Gasteiger partial charge in [0.05, 0.1) is 11.6 Å². The van der Waals surface area contributed by atoms with Gasteiger partial charge in [-0.25, -0.2) is 0 Å². The molecule has 0 heterocycles. The summed E-state index contributed by atoms with van der Waals surface area (Å²) in [5, 5.41) is 19.5. The molecule has 0 fully saturated rings. The minimum Gasteiger partial charge on any atom is -0.411 e. The number of nitriles is 1. The van der Waals surface area contributed by atoms with E-state index in [1.165, 1.54) is 6.21 Å². The Bertz CT molecular complexity index is 308. The van der Waals surface area contributed by atoms with E-state index < -0.39 is 0 Å². The number of hydrogen-bond acceptors (Lipinski definition) is 3. The highest BCUT2D eigenvalue weighted by atomic mass is 16.4. The second kappa shape index (κ2) is 4.14. The maximum absolute atomic E-state index is 8.49. The molecule has 3 heteroatoms. The van der Waals surface area contributed by atoms with Crippen LogP contribution in [0.2, 0.25) is 0 Å². The van der Waals surface area contributed by atoms with E-state index in [0.29, 0.717) is 12.0 Å². The molecule has 0 atom stereocenters. The van der Waals surface area contributed by atoms with Gasteiger partial charge >= 0.3 is 0 Å². The van der Waals surface area contributed by atoms with Crippen LogP contribution in [0.3, 0.4) is 0 Å². The van der Waals surface area contributed by atoms with Gasteiger partial charge in [0, 0.05) is 12.6 Å². The van der Waals surface area contributed by atoms with Crippen LogP contribution in [0.4, 0.5) is 0 Å². The standard InChI is InChI=1S/C9H8N2O/c10-7-9-3-1-8(2-4-9)5-6-11-12/h1-4,6,12H,5H2/b11-6+. The van der Waals surface area contributed by atoms with Gasteiger partial charge in [-0.15, -0.1) is 5.16 Å². The summed E-state index contributed by atoms with van der Waals surface area (Å²) in [6.45, 7) is 0. The largest absolute Gasteiger partial charge is 0.411 e. The van der Waals surface area contributed by atoms with E-state index in [2.05, 4.69) is 5.16 Å². The first-order valence-electron chi connectivity index (χ1n) is 3.51. The molecule has 3 nitrogen and oxygen atoms in total. The topological polar surface area (TPSA) is 56.4 Å². The molecule has 0 unspecified atom stereocenters. The number of rotatable bonds is 2. The number of oxime groups is 1. The fourth-order valence-corrected chi connectivity index (χ4v) is 0.862. The van der Waals surface area contributed by atoms with Crippen LogP contribution in [-0.4, -0.2) is 11.4 Å². The zero-order valence-corrected chi connectivity index (χ0v) is 6.44. The molecule has 12 heavy (non-hydrogen) atoms. The second-order valence-corrected chi connectivity index (χ2v) is 2.31. The van der Waals surface area contributed by atoms with Crippen molar-refractivity contribution >= 4 is 6.21 Å². The monoisotopic (exact) mass is 160 g/mol. The Morgan fingerprint density at radius 3 is 2.58 bits per heavy atom. The summed E-state index contributed by atoms with van der Waals surface area (Å²) < 4.78 is 0. The Balaban J connectivity index is 2.73. The molecular weight excluding hydrogens is 152 g/mol. The van der Waals surface area contributed by atoms with Gasteiger partial charge < -0.3 is 5.21 Å². The van der Waals surface area contributed by atoms with Crippen molar-refractivity contribution < 1.29 is 5.21 Å². The molecule has 0 spiro atoms. The molecule has 0 aromatic heterocycles. The molecule has 1 rings (SSSR count). The summed E-state index contributed by atoms with van der Waals surface area (Å²) in [7, 11) is 0. The van der Waals surface area contributed by atoms with Crippen molar-refractivity contribution in [2.45, 2.75) is 6.42 Å². The molecule has 0 radical (unpaired) electrons. The minimum atomic E-state index is 0.586.